The zero-order chi connectivity index (χ0) is 32.3. The van der Waals surface area contributed by atoms with E-state index in [1.54, 1.807) is 0 Å². The third-order valence-electron chi connectivity index (χ3n) is 9.51. The van der Waals surface area contributed by atoms with Gasteiger partial charge in [0.2, 0.25) is 5.91 Å². The van der Waals surface area contributed by atoms with E-state index < -0.39 is 40.0 Å². The molecule has 0 aromatic heterocycles. The van der Waals surface area contributed by atoms with E-state index in [2.05, 4.69) is 10.6 Å². The fourth-order valence-corrected chi connectivity index (χ4v) is 7.67. The first-order valence-corrected chi connectivity index (χ1v) is 18.6. The van der Waals surface area contributed by atoms with Crippen LogP contribution in [0.1, 0.15) is 90.0 Å². The van der Waals surface area contributed by atoms with Crippen molar-refractivity contribution in [3.8, 4) is 0 Å². The quantitative estimate of drug-likeness (QED) is 0.172. The number of likely N-dealkylation sites (N-methyl/N-ethyl adjacent to an activating group) is 1. The molecule has 1 aromatic rings. The topological polar surface area (TPSA) is 133 Å². The Kier molecular flexibility index (Phi) is 14.1. The van der Waals surface area contributed by atoms with Crippen molar-refractivity contribution in [2.45, 2.75) is 115 Å². The molecule has 10 heteroatoms. The lowest BCUT2D eigenvalue weighted by molar-refractivity contribution is -0.904. The van der Waals surface area contributed by atoms with Crippen molar-refractivity contribution >= 4 is 21.7 Å². The van der Waals surface area contributed by atoms with Gasteiger partial charge in [-0.1, -0.05) is 76.3 Å². The number of aryl methyl sites for hydroxylation is 1. The number of hydrogen-bond donors (Lipinski definition) is 4. The molecule has 4 N–H and O–H groups in total. The first-order chi connectivity index (χ1) is 20.8. The maximum Gasteiger partial charge on any atom is 0.278 e. The van der Waals surface area contributed by atoms with Gasteiger partial charge in [0.1, 0.15) is 17.7 Å². The van der Waals surface area contributed by atoms with Crippen LogP contribution in [0.3, 0.4) is 0 Å². The van der Waals surface area contributed by atoms with Gasteiger partial charge in [-0.25, -0.2) is 8.42 Å². The summed E-state index contributed by atoms with van der Waals surface area (Å²) >= 11 is 0. The summed E-state index contributed by atoms with van der Waals surface area (Å²) in [6.07, 6.45) is 8.22. The summed E-state index contributed by atoms with van der Waals surface area (Å²) in [4.78, 5) is 26.3. The van der Waals surface area contributed by atoms with Gasteiger partial charge in [-0.2, -0.15) is 0 Å². The number of aliphatic hydroxyl groups is 2. The summed E-state index contributed by atoms with van der Waals surface area (Å²) < 4.78 is 26.1. The van der Waals surface area contributed by atoms with Crippen LogP contribution in [0.2, 0.25) is 0 Å². The Morgan fingerprint density at radius 1 is 0.955 bits per heavy atom. The van der Waals surface area contributed by atoms with E-state index >= 15 is 0 Å². The molecule has 0 unspecified atom stereocenters. The molecule has 0 bridgehead atoms. The minimum atomic E-state index is -3.60. The van der Waals surface area contributed by atoms with Crippen LogP contribution in [-0.4, -0.2) is 91.5 Å². The maximum absolute atomic E-state index is 14.0. The summed E-state index contributed by atoms with van der Waals surface area (Å²) in [7, 11) is 0.184. The van der Waals surface area contributed by atoms with E-state index in [1.807, 2.05) is 58.3 Å². The van der Waals surface area contributed by atoms with Crippen molar-refractivity contribution in [1.29, 1.82) is 0 Å². The summed E-state index contributed by atoms with van der Waals surface area (Å²) in [6, 6.07) is 8.55. The Balaban J connectivity index is 1.61. The molecule has 4 atom stereocenters. The van der Waals surface area contributed by atoms with E-state index in [0.29, 0.717) is 37.5 Å². The maximum atomic E-state index is 14.0. The monoisotopic (exact) mass is 636 g/mol. The predicted molar refractivity (Wildman–Crippen MR) is 174 cm³/mol. The van der Waals surface area contributed by atoms with E-state index in [9.17, 15) is 28.2 Å². The normalized spacial score (nSPS) is 19.2. The molecule has 2 aliphatic rings. The molecule has 3 rings (SSSR count). The van der Waals surface area contributed by atoms with Crippen LogP contribution < -0.4 is 10.6 Å². The van der Waals surface area contributed by atoms with Crippen LogP contribution in [-0.2, 0) is 25.8 Å². The number of sulfone groups is 1. The van der Waals surface area contributed by atoms with Crippen LogP contribution in [0, 0.1) is 17.8 Å². The summed E-state index contributed by atoms with van der Waals surface area (Å²) in [5.74, 6) is -0.0497. The molecule has 1 aromatic carbocycles. The zero-order valence-electron chi connectivity index (χ0n) is 27.4. The van der Waals surface area contributed by atoms with Gasteiger partial charge >= 0.3 is 0 Å². The van der Waals surface area contributed by atoms with Gasteiger partial charge in [0, 0.05) is 12.8 Å². The summed E-state index contributed by atoms with van der Waals surface area (Å²) in [6.45, 7) is 4.22. The number of amides is 2. The van der Waals surface area contributed by atoms with Crippen LogP contribution in [0.4, 0.5) is 0 Å². The van der Waals surface area contributed by atoms with Crippen molar-refractivity contribution in [3.63, 3.8) is 0 Å². The smallest absolute Gasteiger partial charge is 0.278 e. The number of nitrogens with one attached hydrogen (secondary N) is 2. The Bertz CT molecular complexity index is 1130. The second-order valence-electron chi connectivity index (χ2n) is 14.4. The minimum Gasteiger partial charge on any atom is -0.390 e. The van der Waals surface area contributed by atoms with Gasteiger partial charge in [0.15, 0.2) is 15.9 Å². The fraction of sp³-hybridized carbons (Fsp3) is 0.765. The molecule has 2 amide bonds. The molecule has 0 aliphatic heterocycles. The number of rotatable bonds is 19. The van der Waals surface area contributed by atoms with Gasteiger partial charge in [-0.3, -0.25) is 9.59 Å². The third-order valence-corrected chi connectivity index (χ3v) is 10.9. The molecule has 2 saturated carbocycles. The second kappa shape index (κ2) is 17.1. The number of carbonyl (C=O) groups excluding carboxylic acids is 2. The van der Waals surface area contributed by atoms with Gasteiger partial charge < -0.3 is 25.3 Å². The molecule has 250 valence electrons. The first kappa shape index (κ1) is 36.5. The lowest BCUT2D eigenvalue weighted by atomic mass is 9.82. The molecule has 9 nitrogen and oxygen atoms in total. The van der Waals surface area contributed by atoms with E-state index in [-0.39, 0.29) is 40.9 Å². The minimum absolute atomic E-state index is 0.158. The standard InChI is InChI=1S/C34H57N3O6S/c1-25(2)21-31(38)33(40)29(22-27-13-9-6-10-14-27)36-34(41)30(23-28-15-16-28)37(3,4)19-20-44(42,43)24-35-32(39)18-17-26-11-7-5-8-12-26/h5,7-8,11-12,25,27-31,33,38,40H,6,9-10,13-24H2,1-4H3,(H-,35,36,39,41)/p+1/t29-,30-,31+,33-/m1/s1. The largest absolute Gasteiger partial charge is 0.390 e. The zero-order valence-corrected chi connectivity index (χ0v) is 28.2. The van der Waals surface area contributed by atoms with Crippen molar-refractivity contribution in [3.05, 3.63) is 35.9 Å². The molecule has 44 heavy (non-hydrogen) atoms. The van der Waals surface area contributed by atoms with Crippen molar-refractivity contribution in [1.82, 2.24) is 10.6 Å². The molecule has 0 radical (unpaired) electrons. The van der Waals surface area contributed by atoms with Crippen LogP contribution in [0.25, 0.3) is 0 Å². The van der Waals surface area contributed by atoms with Crippen LogP contribution in [0.5, 0.6) is 0 Å². The third kappa shape index (κ3) is 12.8. The molecule has 2 fully saturated rings. The number of hydrogen-bond acceptors (Lipinski definition) is 6. The summed E-state index contributed by atoms with van der Waals surface area (Å²) in [5, 5.41) is 27.7. The van der Waals surface area contributed by atoms with Gasteiger partial charge in [0.05, 0.1) is 32.8 Å². The Morgan fingerprint density at radius 2 is 1.59 bits per heavy atom. The van der Waals surface area contributed by atoms with Gasteiger partial charge in [-0.15, -0.1) is 0 Å². The van der Waals surface area contributed by atoms with Crippen LogP contribution >= 0.6 is 0 Å². The predicted octanol–water partition coefficient (Wildman–Crippen LogP) is 3.58. The number of benzene rings is 1. The van der Waals surface area contributed by atoms with Crippen molar-refractivity contribution in [2.24, 2.45) is 17.8 Å². The number of quaternary nitrogens is 1. The number of nitrogens with zero attached hydrogens (tertiary/aromatic N) is 1. The number of aliphatic hydroxyl groups excluding tert-OH is 2. The molecular formula is C34H58N3O6S+. The molecule has 0 heterocycles. The van der Waals surface area contributed by atoms with E-state index in [0.717, 1.165) is 44.1 Å². The van der Waals surface area contributed by atoms with Gasteiger partial charge in [-0.05, 0) is 55.4 Å². The Hall–Kier alpha value is -2.01. The highest BCUT2D eigenvalue weighted by Crippen LogP contribution is 2.36. The molecular weight excluding hydrogens is 578 g/mol. The SMILES string of the molecule is CC(C)C[C@H](O)[C@H](O)[C@@H](CC1CCCCC1)NC(=O)[C@@H](CC1CC1)[N+](C)(C)CCS(=O)(=O)CNC(=O)CCc1ccccc1. The van der Waals surface area contributed by atoms with Gasteiger partial charge in [0.25, 0.3) is 5.91 Å². The Labute approximate surface area is 265 Å². The average molecular weight is 637 g/mol. The fourth-order valence-electron chi connectivity index (χ4n) is 6.40. The second-order valence-corrected chi connectivity index (χ2v) is 16.6. The number of carbonyl (C=O) groups is 2. The van der Waals surface area contributed by atoms with Crippen LogP contribution in [0.15, 0.2) is 30.3 Å². The van der Waals surface area contributed by atoms with Crippen molar-refractivity contribution < 1.29 is 32.7 Å². The Morgan fingerprint density at radius 3 is 2.20 bits per heavy atom. The highest BCUT2D eigenvalue weighted by molar-refractivity contribution is 7.91. The van der Waals surface area contributed by atoms with E-state index in [4.69, 9.17) is 0 Å². The average Bonchev–Trinajstić information content (AvgIpc) is 3.81. The molecule has 2 aliphatic carbocycles. The highest BCUT2D eigenvalue weighted by atomic mass is 32.2. The van der Waals surface area contributed by atoms with Crippen molar-refractivity contribution in [2.75, 3.05) is 32.3 Å². The lowest BCUT2D eigenvalue weighted by Gasteiger charge is -2.39. The summed E-state index contributed by atoms with van der Waals surface area (Å²) in [5.41, 5.74) is 1.02. The lowest BCUT2D eigenvalue weighted by Crippen LogP contribution is -2.61. The first-order valence-electron chi connectivity index (χ1n) is 16.8. The van der Waals surface area contributed by atoms with E-state index in [1.165, 1.54) is 6.42 Å². The highest BCUT2D eigenvalue weighted by Gasteiger charge is 2.42. The molecule has 0 spiro atoms. The molecule has 0 saturated heterocycles.